The molecule has 0 aromatic heterocycles. The quantitative estimate of drug-likeness (QED) is 0.717. The van der Waals surface area contributed by atoms with Gasteiger partial charge in [-0.1, -0.05) is 40.6 Å². The van der Waals surface area contributed by atoms with Crippen molar-refractivity contribution in [2.45, 2.75) is 52.0 Å². The van der Waals surface area contributed by atoms with Crippen LogP contribution in [0.4, 0.5) is 0 Å². The van der Waals surface area contributed by atoms with Gasteiger partial charge < -0.3 is 0 Å². The van der Waals surface area contributed by atoms with E-state index in [0.717, 1.165) is 9.52 Å². The molecule has 0 saturated heterocycles. The Hall–Kier alpha value is -1.08. The van der Waals surface area contributed by atoms with Gasteiger partial charge in [-0.2, -0.15) is 0 Å². The van der Waals surface area contributed by atoms with Crippen molar-refractivity contribution < 1.29 is 0 Å². The van der Waals surface area contributed by atoms with Gasteiger partial charge in [-0.3, -0.25) is 0 Å². The second-order valence-electron chi connectivity index (χ2n) is 5.92. The fourth-order valence-electron chi connectivity index (χ4n) is 3.20. The van der Waals surface area contributed by atoms with Crippen molar-refractivity contribution in [3.63, 3.8) is 0 Å². The molecule has 0 N–H and O–H groups in total. The molecule has 19 heavy (non-hydrogen) atoms. The van der Waals surface area contributed by atoms with Crippen LogP contribution in [-0.2, 0) is 0 Å². The number of aryl methyl sites for hydroxylation is 1. The van der Waals surface area contributed by atoms with Crippen molar-refractivity contribution in [2.24, 2.45) is 0 Å². The summed E-state index contributed by atoms with van der Waals surface area (Å²) in [5.41, 5.74) is 8.06. The lowest BCUT2D eigenvalue weighted by Crippen LogP contribution is -2.18. The van der Waals surface area contributed by atoms with Crippen molar-refractivity contribution in [3.8, 4) is 0 Å². The number of allylic oxidation sites excluding steroid dienone is 4. The summed E-state index contributed by atoms with van der Waals surface area (Å²) in [6, 6.07) is 8.01. The van der Waals surface area contributed by atoms with E-state index in [0.29, 0.717) is 0 Å². The van der Waals surface area contributed by atoms with Gasteiger partial charge in [0.15, 0.2) is 0 Å². The van der Waals surface area contributed by atoms with Crippen LogP contribution in [0.25, 0.3) is 0 Å². The highest BCUT2D eigenvalue weighted by molar-refractivity contribution is 6.54. The standard InChI is InChI=1S/C18H22Si/c1-13-6-5-9-18(14(13)2)19-12-15-10-16-7-3-4-8-17(16)11-15/h5-6,9-10H,3-4,7-8,11-12H2,1-2H3. The average molecular weight is 266 g/mol. The lowest BCUT2D eigenvalue weighted by Gasteiger charge is -2.12. The third kappa shape index (κ3) is 2.76. The first-order valence-corrected chi connectivity index (χ1v) is 8.65. The largest absolute Gasteiger partial charge is 0.0856 e. The number of hydrogen-bond acceptors (Lipinski definition) is 0. The van der Waals surface area contributed by atoms with Crippen LogP contribution in [0.2, 0.25) is 6.04 Å². The minimum Gasteiger partial charge on any atom is -0.0686 e. The summed E-state index contributed by atoms with van der Waals surface area (Å²) in [5, 5.41) is 1.56. The van der Waals surface area contributed by atoms with Crippen molar-refractivity contribution >= 4 is 14.7 Å². The zero-order valence-electron chi connectivity index (χ0n) is 12.1. The van der Waals surface area contributed by atoms with Crippen LogP contribution < -0.4 is 5.19 Å². The highest BCUT2D eigenvalue weighted by atomic mass is 28.2. The fraction of sp³-hybridized carbons (Fsp3) is 0.444. The lowest BCUT2D eigenvalue weighted by molar-refractivity contribution is 0.679. The molecule has 0 bridgehead atoms. The molecule has 1 aromatic rings. The molecule has 98 valence electrons. The Morgan fingerprint density at radius 2 is 1.95 bits per heavy atom. The van der Waals surface area contributed by atoms with Crippen LogP contribution in [0.1, 0.15) is 43.2 Å². The molecular formula is C18H22Si. The number of hydrogen-bond donors (Lipinski definition) is 0. The van der Waals surface area contributed by atoms with E-state index in [4.69, 9.17) is 0 Å². The van der Waals surface area contributed by atoms with Crippen molar-refractivity contribution in [2.75, 3.05) is 0 Å². The van der Waals surface area contributed by atoms with Gasteiger partial charge in [0.25, 0.3) is 0 Å². The Labute approximate surface area is 119 Å². The molecule has 0 atom stereocenters. The molecule has 2 aliphatic carbocycles. The van der Waals surface area contributed by atoms with Crippen LogP contribution in [0, 0.1) is 13.8 Å². The maximum atomic E-state index is 2.52. The van der Waals surface area contributed by atoms with E-state index in [1.54, 1.807) is 21.9 Å². The zero-order valence-corrected chi connectivity index (χ0v) is 13.1. The smallest absolute Gasteiger partial charge is 0.0686 e. The highest BCUT2D eigenvalue weighted by Gasteiger charge is 2.18. The average Bonchev–Trinajstić information content (AvgIpc) is 2.83. The Bertz CT molecular complexity index is 549. The van der Waals surface area contributed by atoms with Crippen LogP contribution >= 0.6 is 0 Å². The molecular weight excluding hydrogens is 244 g/mol. The molecule has 2 radical (unpaired) electrons. The third-order valence-corrected chi connectivity index (χ3v) is 6.11. The van der Waals surface area contributed by atoms with E-state index in [1.165, 1.54) is 49.3 Å². The molecule has 0 heterocycles. The summed E-state index contributed by atoms with van der Waals surface area (Å²) < 4.78 is 0. The lowest BCUT2D eigenvalue weighted by atomic mass is 9.94. The van der Waals surface area contributed by atoms with Gasteiger partial charge in [0.2, 0.25) is 0 Å². The van der Waals surface area contributed by atoms with Crippen molar-refractivity contribution in [1.82, 2.24) is 0 Å². The molecule has 0 amide bonds. The normalized spacial score (nSPS) is 18.5. The number of benzene rings is 1. The van der Waals surface area contributed by atoms with Crippen LogP contribution in [0.5, 0.6) is 0 Å². The third-order valence-electron chi connectivity index (χ3n) is 4.56. The van der Waals surface area contributed by atoms with Gasteiger partial charge in [0.05, 0.1) is 9.52 Å². The molecule has 0 spiro atoms. The van der Waals surface area contributed by atoms with Gasteiger partial charge in [-0.15, -0.1) is 0 Å². The van der Waals surface area contributed by atoms with Crippen LogP contribution in [0.3, 0.4) is 0 Å². The molecule has 0 saturated carbocycles. The van der Waals surface area contributed by atoms with Gasteiger partial charge in [0, 0.05) is 0 Å². The Balaban J connectivity index is 1.64. The topological polar surface area (TPSA) is 0 Å². The Kier molecular flexibility index (Phi) is 3.74. The maximum Gasteiger partial charge on any atom is 0.0856 e. The monoisotopic (exact) mass is 266 g/mol. The maximum absolute atomic E-state index is 2.52. The second kappa shape index (κ2) is 5.50. The predicted molar refractivity (Wildman–Crippen MR) is 84.3 cm³/mol. The second-order valence-corrected chi connectivity index (χ2v) is 7.16. The summed E-state index contributed by atoms with van der Waals surface area (Å²) in [5.74, 6) is 0. The van der Waals surface area contributed by atoms with Gasteiger partial charge >= 0.3 is 0 Å². The molecule has 0 fully saturated rings. The number of rotatable bonds is 3. The van der Waals surface area contributed by atoms with Gasteiger partial charge in [0.1, 0.15) is 0 Å². The van der Waals surface area contributed by atoms with Gasteiger partial charge in [-0.25, -0.2) is 0 Å². The first-order valence-electron chi connectivity index (χ1n) is 7.44. The Morgan fingerprint density at radius 3 is 2.79 bits per heavy atom. The van der Waals surface area contributed by atoms with Crippen LogP contribution in [0.15, 0.2) is 41.0 Å². The molecule has 2 aliphatic rings. The summed E-state index contributed by atoms with van der Waals surface area (Å²) >= 11 is 0. The predicted octanol–water partition coefficient (Wildman–Crippen LogP) is 4.25. The van der Waals surface area contributed by atoms with E-state index in [-0.39, 0.29) is 0 Å². The molecule has 3 rings (SSSR count). The first kappa shape index (κ1) is 12.9. The van der Waals surface area contributed by atoms with E-state index in [2.05, 4.69) is 38.1 Å². The van der Waals surface area contributed by atoms with Gasteiger partial charge in [-0.05, 0) is 68.7 Å². The zero-order chi connectivity index (χ0) is 13.2. The molecule has 0 aliphatic heterocycles. The molecule has 1 heteroatoms. The summed E-state index contributed by atoms with van der Waals surface area (Å²) in [6.45, 7) is 4.49. The van der Waals surface area contributed by atoms with Crippen LogP contribution in [-0.4, -0.2) is 9.52 Å². The van der Waals surface area contributed by atoms with E-state index in [1.807, 2.05) is 0 Å². The minimum atomic E-state index is 0.941. The Morgan fingerprint density at radius 1 is 1.11 bits per heavy atom. The summed E-state index contributed by atoms with van der Waals surface area (Å²) in [6.07, 6.45) is 9.33. The first-order chi connectivity index (χ1) is 9.24. The highest BCUT2D eigenvalue weighted by Crippen LogP contribution is 2.36. The van der Waals surface area contributed by atoms with E-state index < -0.39 is 0 Å². The molecule has 0 unspecified atom stereocenters. The fourth-order valence-corrected chi connectivity index (χ4v) is 4.52. The summed E-state index contributed by atoms with van der Waals surface area (Å²) in [7, 11) is 0.941. The van der Waals surface area contributed by atoms with E-state index >= 15 is 0 Å². The molecule has 1 aromatic carbocycles. The van der Waals surface area contributed by atoms with Crippen molar-refractivity contribution in [1.29, 1.82) is 0 Å². The van der Waals surface area contributed by atoms with Crippen molar-refractivity contribution in [3.05, 3.63) is 52.1 Å². The summed E-state index contributed by atoms with van der Waals surface area (Å²) in [4.78, 5) is 0. The minimum absolute atomic E-state index is 0.941. The SMILES string of the molecule is Cc1cccc([Si]CC2=CC3=C(CCCC3)C2)c1C. The molecule has 0 nitrogen and oxygen atoms in total. The van der Waals surface area contributed by atoms with E-state index in [9.17, 15) is 0 Å².